The van der Waals surface area contributed by atoms with E-state index in [0.29, 0.717) is 25.9 Å². The number of piperidine rings is 1. The lowest BCUT2D eigenvalue weighted by Crippen LogP contribution is -2.62. The third-order valence-electron chi connectivity index (χ3n) is 7.70. The van der Waals surface area contributed by atoms with Gasteiger partial charge in [0.25, 0.3) is 0 Å². The number of hydrogen-bond donors (Lipinski definition) is 0. The van der Waals surface area contributed by atoms with Crippen LogP contribution in [-0.4, -0.2) is 47.2 Å². The SMILES string of the molecule is O=C1C(Cc2ccc3ccccc3c2)CC(=O)N2CCN(Cc3ccc(-c4ccccc4)cc3)CC12. The van der Waals surface area contributed by atoms with Crippen LogP contribution in [0.5, 0.6) is 0 Å². The van der Waals surface area contributed by atoms with Gasteiger partial charge in [-0.25, -0.2) is 0 Å². The molecule has 4 nitrogen and oxygen atoms in total. The van der Waals surface area contributed by atoms with Gasteiger partial charge in [0.1, 0.15) is 6.04 Å². The predicted octanol–water partition coefficient (Wildman–Crippen LogP) is 5.35. The molecule has 0 spiro atoms. The molecule has 0 saturated carbocycles. The van der Waals surface area contributed by atoms with Gasteiger partial charge in [0, 0.05) is 38.5 Å². The summed E-state index contributed by atoms with van der Waals surface area (Å²) in [4.78, 5) is 30.7. The maximum absolute atomic E-state index is 13.6. The quantitative estimate of drug-likeness (QED) is 0.391. The number of Topliss-reactive ketones (excluding diaryl/α,β-unsaturated/α-hetero) is 1. The zero-order valence-electron chi connectivity index (χ0n) is 20.3. The van der Waals surface area contributed by atoms with E-state index in [1.807, 2.05) is 23.1 Å². The van der Waals surface area contributed by atoms with Crippen molar-refractivity contribution in [1.29, 1.82) is 0 Å². The van der Waals surface area contributed by atoms with Crippen molar-refractivity contribution in [2.75, 3.05) is 19.6 Å². The minimum atomic E-state index is -0.339. The molecule has 2 unspecified atom stereocenters. The summed E-state index contributed by atoms with van der Waals surface area (Å²) in [5, 5.41) is 2.37. The molecule has 2 saturated heterocycles. The monoisotopic (exact) mass is 474 g/mol. The van der Waals surface area contributed by atoms with Crippen molar-refractivity contribution in [2.24, 2.45) is 5.92 Å². The molecule has 4 aromatic carbocycles. The number of hydrogen-bond acceptors (Lipinski definition) is 3. The number of fused-ring (bicyclic) bond motifs is 2. The summed E-state index contributed by atoms with van der Waals surface area (Å²) in [5.74, 6) is 0.0918. The molecule has 36 heavy (non-hydrogen) atoms. The van der Waals surface area contributed by atoms with Crippen LogP contribution in [0.1, 0.15) is 17.5 Å². The highest BCUT2D eigenvalue weighted by Gasteiger charge is 2.43. The van der Waals surface area contributed by atoms with Gasteiger partial charge < -0.3 is 4.90 Å². The number of amides is 1. The van der Waals surface area contributed by atoms with E-state index < -0.39 is 0 Å². The van der Waals surface area contributed by atoms with E-state index in [1.165, 1.54) is 27.5 Å². The Morgan fingerprint density at radius 3 is 2.19 bits per heavy atom. The Balaban J connectivity index is 1.14. The molecular formula is C32H30N2O2. The lowest BCUT2D eigenvalue weighted by molar-refractivity contribution is -0.152. The van der Waals surface area contributed by atoms with E-state index in [2.05, 4.69) is 83.8 Å². The number of piperazine rings is 1. The summed E-state index contributed by atoms with van der Waals surface area (Å²) in [6.45, 7) is 2.82. The van der Waals surface area contributed by atoms with Crippen molar-refractivity contribution >= 4 is 22.5 Å². The van der Waals surface area contributed by atoms with Gasteiger partial charge >= 0.3 is 0 Å². The van der Waals surface area contributed by atoms with E-state index in [-0.39, 0.29) is 23.7 Å². The molecule has 4 aromatic rings. The van der Waals surface area contributed by atoms with Gasteiger partial charge in [0.2, 0.25) is 5.91 Å². The molecule has 0 N–H and O–H groups in total. The lowest BCUT2D eigenvalue weighted by atomic mass is 9.83. The fourth-order valence-corrected chi connectivity index (χ4v) is 5.74. The van der Waals surface area contributed by atoms with Gasteiger partial charge in [-0.05, 0) is 39.4 Å². The first-order chi connectivity index (χ1) is 17.6. The van der Waals surface area contributed by atoms with Crippen LogP contribution in [-0.2, 0) is 22.6 Å². The zero-order valence-corrected chi connectivity index (χ0v) is 20.3. The smallest absolute Gasteiger partial charge is 0.224 e. The molecule has 0 bridgehead atoms. The summed E-state index contributed by atoms with van der Waals surface area (Å²) in [6.07, 6.45) is 0.948. The van der Waals surface area contributed by atoms with Crippen LogP contribution >= 0.6 is 0 Å². The molecule has 2 fully saturated rings. The number of benzene rings is 4. The van der Waals surface area contributed by atoms with Crippen LogP contribution in [0.3, 0.4) is 0 Å². The molecule has 2 aliphatic rings. The number of rotatable bonds is 5. The first kappa shape index (κ1) is 22.7. The van der Waals surface area contributed by atoms with Gasteiger partial charge in [0.05, 0.1) is 0 Å². The minimum Gasteiger partial charge on any atom is -0.330 e. The van der Waals surface area contributed by atoms with Crippen LogP contribution in [0, 0.1) is 5.92 Å². The second kappa shape index (κ2) is 9.71. The average molecular weight is 475 g/mol. The van der Waals surface area contributed by atoms with E-state index in [4.69, 9.17) is 0 Å². The zero-order chi connectivity index (χ0) is 24.5. The van der Waals surface area contributed by atoms with Crippen LogP contribution in [0.4, 0.5) is 0 Å². The maximum Gasteiger partial charge on any atom is 0.224 e. The molecule has 1 amide bonds. The second-order valence-corrected chi connectivity index (χ2v) is 10.1. The van der Waals surface area contributed by atoms with E-state index >= 15 is 0 Å². The highest BCUT2D eigenvalue weighted by atomic mass is 16.2. The Morgan fingerprint density at radius 2 is 1.39 bits per heavy atom. The fourth-order valence-electron chi connectivity index (χ4n) is 5.74. The van der Waals surface area contributed by atoms with E-state index in [9.17, 15) is 9.59 Å². The first-order valence-corrected chi connectivity index (χ1v) is 12.8. The number of nitrogens with zero attached hydrogens (tertiary/aromatic N) is 2. The molecule has 180 valence electrons. The van der Waals surface area contributed by atoms with Crippen LogP contribution in [0.2, 0.25) is 0 Å². The van der Waals surface area contributed by atoms with Crippen LogP contribution < -0.4 is 0 Å². The Kier molecular flexibility index (Phi) is 6.12. The molecule has 2 heterocycles. The summed E-state index contributed by atoms with van der Waals surface area (Å²) in [7, 11) is 0. The molecule has 2 atom stereocenters. The highest BCUT2D eigenvalue weighted by Crippen LogP contribution is 2.29. The molecule has 0 radical (unpaired) electrons. The first-order valence-electron chi connectivity index (χ1n) is 12.8. The maximum atomic E-state index is 13.6. The minimum absolute atomic E-state index is 0.122. The van der Waals surface area contributed by atoms with Crippen molar-refractivity contribution in [3.63, 3.8) is 0 Å². The summed E-state index contributed by atoms with van der Waals surface area (Å²) in [6, 6.07) is 33.3. The standard InChI is InChI=1S/C32H30N2O2/c35-31-20-29(19-24-12-15-26-8-4-5-9-28(26)18-24)32(36)30-22-33(16-17-34(30)31)21-23-10-13-27(14-11-23)25-6-2-1-3-7-25/h1-15,18,29-30H,16-17,19-22H2. The second-order valence-electron chi connectivity index (χ2n) is 10.1. The normalized spacial score (nSPS) is 20.5. The van der Waals surface area contributed by atoms with Gasteiger partial charge in [-0.3, -0.25) is 14.5 Å². The number of carbonyl (C=O) groups is 2. The number of carbonyl (C=O) groups excluding carboxylic acids is 2. The molecule has 0 aliphatic carbocycles. The van der Waals surface area contributed by atoms with E-state index in [0.717, 1.165) is 18.7 Å². The van der Waals surface area contributed by atoms with Crippen LogP contribution in [0.25, 0.3) is 21.9 Å². The lowest BCUT2D eigenvalue weighted by Gasteiger charge is -2.45. The summed E-state index contributed by atoms with van der Waals surface area (Å²) in [5.41, 5.74) is 4.76. The fraction of sp³-hybridized carbons (Fsp3) is 0.250. The van der Waals surface area contributed by atoms with Gasteiger partial charge in [-0.2, -0.15) is 0 Å². The van der Waals surface area contributed by atoms with Gasteiger partial charge in [0.15, 0.2) is 5.78 Å². The van der Waals surface area contributed by atoms with Crippen molar-refractivity contribution in [3.05, 3.63) is 108 Å². The van der Waals surface area contributed by atoms with Crippen molar-refractivity contribution in [2.45, 2.75) is 25.4 Å². The Labute approximate surface area is 212 Å². The summed E-state index contributed by atoms with van der Waals surface area (Å²) < 4.78 is 0. The number of ketones is 1. The van der Waals surface area contributed by atoms with Gasteiger partial charge in [-0.15, -0.1) is 0 Å². The molecule has 6 rings (SSSR count). The Bertz CT molecular complexity index is 1400. The Hall–Kier alpha value is -3.76. The Morgan fingerprint density at radius 1 is 0.694 bits per heavy atom. The predicted molar refractivity (Wildman–Crippen MR) is 143 cm³/mol. The average Bonchev–Trinajstić information content (AvgIpc) is 2.92. The third kappa shape index (κ3) is 4.57. The van der Waals surface area contributed by atoms with Crippen molar-refractivity contribution in [3.8, 4) is 11.1 Å². The van der Waals surface area contributed by atoms with Gasteiger partial charge in [-0.1, -0.05) is 97.1 Å². The molecule has 0 aromatic heterocycles. The van der Waals surface area contributed by atoms with Crippen molar-refractivity contribution < 1.29 is 9.59 Å². The highest BCUT2D eigenvalue weighted by molar-refractivity contribution is 5.97. The van der Waals surface area contributed by atoms with Crippen LogP contribution in [0.15, 0.2) is 97.1 Å². The molecular weight excluding hydrogens is 444 g/mol. The topological polar surface area (TPSA) is 40.6 Å². The molecule has 2 aliphatic heterocycles. The largest absolute Gasteiger partial charge is 0.330 e. The summed E-state index contributed by atoms with van der Waals surface area (Å²) >= 11 is 0. The van der Waals surface area contributed by atoms with Crippen molar-refractivity contribution in [1.82, 2.24) is 9.80 Å². The molecule has 4 heteroatoms. The third-order valence-corrected chi connectivity index (χ3v) is 7.70. The van der Waals surface area contributed by atoms with E-state index in [1.54, 1.807) is 0 Å².